The number of rotatable bonds is 2. The predicted octanol–water partition coefficient (Wildman–Crippen LogP) is 2.71. The lowest BCUT2D eigenvalue weighted by molar-refractivity contribution is -0.123. The van der Waals surface area contributed by atoms with E-state index in [2.05, 4.69) is 50.4 Å². The highest BCUT2D eigenvalue weighted by Gasteiger charge is 2.22. The first-order chi connectivity index (χ1) is 8.47. The largest absolute Gasteiger partial charge is 0.316 e. The summed E-state index contributed by atoms with van der Waals surface area (Å²) in [5, 5.41) is 3.30. The molecular formula is C16H23NO. The molecule has 0 aromatic heterocycles. The number of nitrogens with one attached hydrogen (secondary N) is 1. The molecule has 18 heavy (non-hydrogen) atoms. The smallest absolute Gasteiger partial charge is 0.138 e. The van der Waals surface area contributed by atoms with Crippen LogP contribution in [0.5, 0.6) is 0 Å². The summed E-state index contributed by atoms with van der Waals surface area (Å²) in [7, 11) is 0. The molecule has 0 amide bonds. The van der Waals surface area contributed by atoms with E-state index in [9.17, 15) is 4.79 Å². The van der Waals surface area contributed by atoms with Crippen LogP contribution in [0.15, 0.2) is 24.3 Å². The van der Waals surface area contributed by atoms with Crippen molar-refractivity contribution < 1.29 is 4.79 Å². The minimum Gasteiger partial charge on any atom is -0.316 e. The monoisotopic (exact) mass is 245 g/mol. The molecule has 0 saturated carbocycles. The summed E-state index contributed by atoms with van der Waals surface area (Å²) in [6.07, 6.45) is 1.56. The molecule has 0 spiro atoms. The summed E-state index contributed by atoms with van der Waals surface area (Å²) in [6.45, 7) is 8.34. The predicted molar refractivity (Wildman–Crippen MR) is 74.8 cm³/mol. The summed E-state index contributed by atoms with van der Waals surface area (Å²) in [6, 6.07) is 8.72. The van der Waals surface area contributed by atoms with Crippen molar-refractivity contribution in [2.45, 2.75) is 39.0 Å². The maximum Gasteiger partial charge on any atom is 0.138 e. The minimum atomic E-state index is 0.166. The molecule has 1 N–H and O–H groups in total. The van der Waals surface area contributed by atoms with Gasteiger partial charge in [0, 0.05) is 25.4 Å². The average Bonchev–Trinajstić information content (AvgIpc) is 2.32. The van der Waals surface area contributed by atoms with Crippen LogP contribution in [0.2, 0.25) is 0 Å². The molecule has 2 heteroatoms. The second-order valence-corrected chi connectivity index (χ2v) is 6.27. The van der Waals surface area contributed by atoms with Crippen LogP contribution < -0.4 is 5.32 Å². The zero-order valence-corrected chi connectivity index (χ0v) is 11.6. The van der Waals surface area contributed by atoms with Crippen LogP contribution in [0.4, 0.5) is 0 Å². The fraction of sp³-hybridized carbons (Fsp3) is 0.562. The van der Waals surface area contributed by atoms with Crippen molar-refractivity contribution in [1.82, 2.24) is 5.32 Å². The van der Waals surface area contributed by atoms with Crippen molar-refractivity contribution in [1.29, 1.82) is 0 Å². The number of ketones is 1. The van der Waals surface area contributed by atoms with Gasteiger partial charge < -0.3 is 5.32 Å². The minimum absolute atomic E-state index is 0.166. The Balaban J connectivity index is 2.04. The lowest BCUT2D eigenvalue weighted by Crippen LogP contribution is -2.37. The van der Waals surface area contributed by atoms with Crippen LogP contribution in [0, 0.1) is 5.92 Å². The second kappa shape index (κ2) is 5.23. The molecular weight excluding hydrogens is 222 g/mol. The van der Waals surface area contributed by atoms with Crippen molar-refractivity contribution in [3.63, 3.8) is 0 Å². The molecule has 1 aliphatic rings. The van der Waals surface area contributed by atoms with E-state index in [1.807, 2.05) is 0 Å². The summed E-state index contributed by atoms with van der Waals surface area (Å²) < 4.78 is 0. The van der Waals surface area contributed by atoms with Gasteiger partial charge in [0.05, 0.1) is 0 Å². The Hall–Kier alpha value is -1.15. The van der Waals surface area contributed by atoms with Gasteiger partial charge in [-0.3, -0.25) is 4.79 Å². The average molecular weight is 245 g/mol. The van der Waals surface area contributed by atoms with Crippen LogP contribution in [-0.4, -0.2) is 18.9 Å². The Morgan fingerprint density at radius 2 is 1.89 bits per heavy atom. The number of hydrogen-bond acceptors (Lipinski definition) is 2. The summed E-state index contributed by atoms with van der Waals surface area (Å²) in [5.74, 6) is 0.577. The van der Waals surface area contributed by atoms with Crippen molar-refractivity contribution in [3.8, 4) is 0 Å². The molecule has 2 rings (SSSR count). The Morgan fingerprint density at radius 3 is 2.44 bits per heavy atom. The number of benzene rings is 1. The van der Waals surface area contributed by atoms with Crippen molar-refractivity contribution in [3.05, 3.63) is 35.4 Å². The molecule has 98 valence electrons. The van der Waals surface area contributed by atoms with Crippen molar-refractivity contribution in [2.24, 2.45) is 5.92 Å². The highest BCUT2D eigenvalue weighted by molar-refractivity contribution is 5.82. The highest BCUT2D eigenvalue weighted by atomic mass is 16.1. The van der Waals surface area contributed by atoms with E-state index in [4.69, 9.17) is 0 Å². The van der Waals surface area contributed by atoms with E-state index in [1.54, 1.807) is 0 Å². The van der Waals surface area contributed by atoms with Gasteiger partial charge in [0.2, 0.25) is 0 Å². The molecule has 0 bridgehead atoms. The molecule has 1 heterocycles. The first-order valence-corrected chi connectivity index (χ1v) is 6.79. The van der Waals surface area contributed by atoms with Gasteiger partial charge in [0.15, 0.2) is 0 Å². The molecule has 1 aromatic rings. The third-order valence-electron chi connectivity index (χ3n) is 3.70. The third kappa shape index (κ3) is 3.20. The standard InChI is InChI=1S/C16H23NO/c1-16(2,3)14-6-4-12(5-7-14)10-13-11-17-9-8-15(13)18/h4-7,13,17H,8-11H2,1-3H3. The Labute approximate surface area is 110 Å². The maximum atomic E-state index is 11.8. The topological polar surface area (TPSA) is 29.1 Å². The van der Waals surface area contributed by atoms with Gasteiger partial charge in [0.25, 0.3) is 0 Å². The van der Waals surface area contributed by atoms with Crippen LogP contribution in [0.3, 0.4) is 0 Å². The van der Waals surface area contributed by atoms with Gasteiger partial charge in [-0.05, 0) is 23.0 Å². The first-order valence-electron chi connectivity index (χ1n) is 6.79. The molecule has 0 radical (unpaired) electrons. The quantitative estimate of drug-likeness (QED) is 0.868. The molecule has 1 aromatic carbocycles. The van der Waals surface area contributed by atoms with E-state index in [-0.39, 0.29) is 11.3 Å². The van der Waals surface area contributed by atoms with E-state index < -0.39 is 0 Å². The van der Waals surface area contributed by atoms with E-state index in [0.717, 1.165) is 19.5 Å². The lowest BCUT2D eigenvalue weighted by atomic mass is 9.85. The van der Waals surface area contributed by atoms with E-state index in [1.165, 1.54) is 11.1 Å². The Bertz CT molecular complexity index is 414. The van der Waals surface area contributed by atoms with Crippen molar-refractivity contribution >= 4 is 5.78 Å². The van der Waals surface area contributed by atoms with Crippen molar-refractivity contribution in [2.75, 3.05) is 13.1 Å². The molecule has 0 aliphatic carbocycles. The number of piperidine rings is 1. The molecule has 1 saturated heterocycles. The third-order valence-corrected chi connectivity index (χ3v) is 3.70. The van der Waals surface area contributed by atoms with Crippen LogP contribution in [-0.2, 0) is 16.6 Å². The Kier molecular flexibility index (Phi) is 3.86. The Morgan fingerprint density at radius 1 is 1.22 bits per heavy atom. The van der Waals surface area contributed by atoms with E-state index >= 15 is 0 Å². The molecule has 1 unspecified atom stereocenters. The molecule has 1 atom stereocenters. The number of Topliss-reactive ketones (excluding diaryl/α,β-unsaturated/α-hetero) is 1. The van der Waals surface area contributed by atoms with Crippen LogP contribution in [0.1, 0.15) is 38.3 Å². The maximum absolute atomic E-state index is 11.8. The zero-order valence-electron chi connectivity index (χ0n) is 11.6. The van der Waals surface area contributed by atoms with Gasteiger partial charge in [-0.1, -0.05) is 45.0 Å². The molecule has 2 nitrogen and oxygen atoms in total. The van der Waals surface area contributed by atoms with Gasteiger partial charge in [-0.25, -0.2) is 0 Å². The number of carbonyl (C=O) groups is 1. The number of carbonyl (C=O) groups excluding carboxylic acids is 1. The lowest BCUT2D eigenvalue weighted by Gasteiger charge is -2.22. The summed E-state index contributed by atoms with van der Waals surface area (Å²) in [4.78, 5) is 11.8. The highest BCUT2D eigenvalue weighted by Crippen LogP contribution is 2.23. The SMILES string of the molecule is CC(C)(C)c1ccc(CC2CNCCC2=O)cc1. The zero-order chi connectivity index (χ0) is 13.2. The van der Waals surface area contributed by atoms with Gasteiger partial charge in [-0.2, -0.15) is 0 Å². The van der Waals surface area contributed by atoms with Crippen LogP contribution >= 0.6 is 0 Å². The fourth-order valence-corrected chi connectivity index (χ4v) is 2.42. The summed E-state index contributed by atoms with van der Waals surface area (Å²) >= 11 is 0. The van der Waals surface area contributed by atoms with Crippen LogP contribution in [0.25, 0.3) is 0 Å². The summed E-state index contributed by atoms with van der Waals surface area (Å²) in [5.41, 5.74) is 2.81. The van der Waals surface area contributed by atoms with E-state index in [0.29, 0.717) is 12.2 Å². The fourth-order valence-electron chi connectivity index (χ4n) is 2.42. The van der Waals surface area contributed by atoms with Gasteiger partial charge >= 0.3 is 0 Å². The first kappa shape index (κ1) is 13.3. The van der Waals surface area contributed by atoms with Gasteiger partial charge in [0.1, 0.15) is 5.78 Å². The second-order valence-electron chi connectivity index (χ2n) is 6.27. The molecule has 1 aliphatic heterocycles. The van der Waals surface area contributed by atoms with Gasteiger partial charge in [-0.15, -0.1) is 0 Å². The number of hydrogen-bond donors (Lipinski definition) is 1. The molecule has 1 fully saturated rings. The normalized spacial score (nSPS) is 21.1.